The zero-order chi connectivity index (χ0) is 29.2. The molecule has 3 rings (SSSR count). The number of carbonyl (C=O) groups is 5. The number of nitrogens with one attached hydrogen (secondary N) is 3. The number of carboxylic acid groups (broad SMARTS) is 1. The number of benzene rings is 2. The van der Waals surface area contributed by atoms with Gasteiger partial charge >= 0.3 is 11.9 Å². The number of ether oxygens (including phenoxy) is 1. The van der Waals surface area contributed by atoms with Gasteiger partial charge in [0.15, 0.2) is 0 Å². The van der Waals surface area contributed by atoms with Gasteiger partial charge in [-0.05, 0) is 56.7 Å². The van der Waals surface area contributed by atoms with Gasteiger partial charge in [0.25, 0.3) is 5.91 Å². The molecule has 40 heavy (non-hydrogen) atoms. The maximum atomic E-state index is 13.1. The maximum absolute atomic E-state index is 13.1. The molecule has 0 spiro atoms. The van der Waals surface area contributed by atoms with Crippen LogP contribution in [0.3, 0.4) is 0 Å². The second-order valence-corrected chi connectivity index (χ2v) is 11.0. The summed E-state index contributed by atoms with van der Waals surface area (Å²) in [5.41, 5.74) is 1.59. The van der Waals surface area contributed by atoms with E-state index in [-0.39, 0.29) is 34.9 Å². The number of thiophene rings is 1. The van der Waals surface area contributed by atoms with E-state index >= 15 is 0 Å². The number of amides is 3. The number of carbonyl (C=O) groups excluding carboxylic acids is 4. The van der Waals surface area contributed by atoms with E-state index in [0.717, 1.165) is 11.3 Å². The fraction of sp³-hybridized carbons (Fsp3) is 0.250. The van der Waals surface area contributed by atoms with Gasteiger partial charge in [0.2, 0.25) is 11.8 Å². The van der Waals surface area contributed by atoms with Crippen LogP contribution in [0.2, 0.25) is 0 Å². The van der Waals surface area contributed by atoms with Crippen LogP contribution >= 0.6 is 23.1 Å². The quantitative estimate of drug-likeness (QED) is 0.163. The Balaban J connectivity index is 1.74. The van der Waals surface area contributed by atoms with Crippen molar-refractivity contribution < 1.29 is 33.8 Å². The van der Waals surface area contributed by atoms with E-state index in [0.29, 0.717) is 21.8 Å². The number of aliphatic carboxylic acids is 1. The van der Waals surface area contributed by atoms with Crippen molar-refractivity contribution in [2.45, 2.75) is 43.8 Å². The first-order valence-electron chi connectivity index (χ1n) is 12.3. The Morgan fingerprint density at radius 1 is 0.950 bits per heavy atom. The summed E-state index contributed by atoms with van der Waals surface area (Å²) in [5, 5.41) is 16.6. The normalized spacial score (nSPS) is 11.3. The third-order valence-corrected chi connectivity index (χ3v) is 7.77. The number of thioether (sulfide) groups is 1. The van der Waals surface area contributed by atoms with Gasteiger partial charge in [-0.1, -0.05) is 24.3 Å². The highest BCUT2D eigenvalue weighted by Crippen LogP contribution is 2.35. The molecule has 1 aromatic heterocycles. The number of carboxylic acids is 1. The highest BCUT2D eigenvalue weighted by molar-refractivity contribution is 8.00. The largest absolute Gasteiger partial charge is 0.481 e. The molecule has 3 aromatic rings. The molecule has 4 N–H and O–H groups in total. The Kier molecular flexibility index (Phi) is 10.9. The monoisotopic (exact) mass is 583 g/mol. The number of hydrogen-bond acceptors (Lipinski definition) is 8. The van der Waals surface area contributed by atoms with E-state index < -0.39 is 34.9 Å². The van der Waals surface area contributed by atoms with Crippen LogP contribution in [-0.2, 0) is 19.1 Å². The predicted molar refractivity (Wildman–Crippen MR) is 155 cm³/mol. The van der Waals surface area contributed by atoms with E-state index in [1.807, 2.05) is 6.07 Å². The average molecular weight is 584 g/mol. The van der Waals surface area contributed by atoms with Gasteiger partial charge in [0.1, 0.15) is 5.00 Å². The lowest BCUT2D eigenvalue weighted by molar-refractivity contribution is -0.138. The molecule has 10 nitrogen and oxygen atoms in total. The predicted octanol–water partition coefficient (Wildman–Crippen LogP) is 5.41. The zero-order valence-corrected chi connectivity index (χ0v) is 23.7. The summed E-state index contributed by atoms with van der Waals surface area (Å²) in [5.74, 6) is -2.94. The summed E-state index contributed by atoms with van der Waals surface area (Å²) >= 11 is 2.22. The van der Waals surface area contributed by atoms with Crippen LogP contribution in [0.15, 0.2) is 59.5 Å². The molecule has 0 radical (unpaired) electrons. The summed E-state index contributed by atoms with van der Waals surface area (Å²) in [6.45, 7) is 5.11. The molecule has 1 unspecified atom stereocenters. The number of hydrogen-bond donors (Lipinski definition) is 4. The third kappa shape index (κ3) is 8.42. The molecule has 0 fully saturated rings. The first-order chi connectivity index (χ1) is 19.1. The number of rotatable bonds is 12. The Labute approximate surface area is 239 Å². The van der Waals surface area contributed by atoms with Gasteiger partial charge in [-0.25, -0.2) is 4.79 Å². The summed E-state index contributed by atoms with van der Waals surface area (Å²) < 4.78 is 5.19. The number of anilines is 3. The molecule has 0 aliphatic rings. The minimum absolute atomic E-state index is 0.127. The van der Waals surface area contributed by atoms with E-state index in [4.69, 9.17) is 9.84 Å². The summed E-state index contributed by atoms with van der Waals surface area (Å²) in [6.07, 6.45) is -0.428. The second-order valence-electron chi connectivity index (χ2n) is 8.52. The molecule has 0 bridgehead atoms. The number of para-hydroxylation sites is 1. The lowest BCUT2D eigenvalue weighted by Gasteiger charge is -2.13. The first-order valence-corrected chi connectivity index (χ1v) is 14.0. The molecule has 0 saturated heterocycles. The number of esters is 1. The lowest BCUT2D eigenvalue weighted by atomic mass is 10.1. The van der Waals surface area contributed by atoms with E-state index in [2.05, 4.69) is 16.0 Å². The molecule has 12 heteroatoms. The fourth-order valence-electron chi connectivity index (χ4n) is 3.54. The SMILES string of the molecule is CCOC(=O)c1c(NC(=O)C(C)Sc2cccc(NC(=O)CCC(=O)O)c2)sc(C(=O)Nc2ccccc2)c1C. The van der Waals surface area contributed by atoms with E-state index in [1.165, 1.54) is 11.8 Å². The van der Waals surface area contributed by atoms with Crippen LogP contribution < -0.4 is 16.0 Å². The Bertz CT molecular complexity index is 1410. The van der Waals surface area contributed by atoms with Gasteiger partial charge in [-0.15, -0.1) is 23.1 Å². The summed E-state index contributed by atoms with van der Waals surface area (Å²) in [7, 11) is 0. The minimum Gasteiger partial charge on any atom is -0.481 e. The molecule has 2 aromatic carbocycles. The van der Waals surface area contributed by atoms with Crippen molar-refractivity contribution in [3.8, 4) is 0 Å². The van der Waals surface area contributed by atoms with Gasteiger partial charge < -0.3 is 25.8 Å². The molecule has 1 heterocycles. The average Bonchev–Trinajstić information content (AvgIpc) is 3.24. The molecular formula is C28H29N3O7S2. The van der Waals surface area contributed by atoms with Gasteiger partial charge in [-0.2, -0.15) is 0 Å². The van der Waals surface area contributed by atoms with E-state index in [1.54, 1.807) is 69.3 Å². The third-order valence-electron chi connectivity index (χ3n) is 5.47. The van der Waals surface area contributed by atoms with Crippen LogP contribution in [0.5, 0.6) is 0 Å². The van der Waals surface area contributed by atoms with Crippen molar-refractivity contribution in [3.63, 3.8) is 0 Å². The lowest BCUT2D eigenvalue weighted by Crippen LogP contribution is -2.23. The summed E-state index contributed by atoms with van der Waals surface area (Å²) in [6, 6.07) is 15.7. The minimum atomic E-state index is -1.06. The van der Waals surface area contributed by atoms with E-state index in [9.17, 15) is 24.0 Å². The van der Waals surface area contributed by atoms with Gasteiger partial charge in [0, 0.05) is 22.7 Å². The van der Waals surface area contributed by atoms with Gasteiger partial charge in [0.05, 0.1) is 28.7 Å². The Morgan fingerprint density at radius 3 is 2.33 bits per heavy atom. The van der Waals surface area contributed by atoms with Crippen molar-refractivity contribution in [1.29, 1.82) is 0 Å². The molecule has 0 aliphatic carbocycles. The maximum Gasteiger partial charge on any atom is 0.341 e. The van der Waals surface area contributed by atoms with Crippen LogP contribution in [0.1, 0.15) is 52.3 Å². The van der Waals surface area contributed by atoms with Crippen molar-refractivity contribution in [2.75, 3.05) is 22.6 Å². The topological polar surface area (TPSA) is 151 Å². The highest BCUT2D eigenvalue weighted by Gasteiger charge is 2.28. The smallest absolute Gasteiger partial charge is 0.341 e. The van der Waals surface area contributed by atoms with Crippen LogP contribution in [0.4, 0.5) is 16.4 Å². The van der Waals surface area contributed by atoms with Crippen LogP contribution in [-0.4, -0.2) is 46.6 Å². The van der Waals surface area contributed by atoms with Crippen LogP contribution in [0, 0.1) is 6.92 Å². The van der Waals surface area contributed by atoms with Crippen molar-refractivity contribution in [2.24, 2.45) is 0 Å². The fourth-order valence-corrected chi connectivity index (χ4v) is 5.56. The van der Waals surface area contributed by atoms with Crippen molar-refractivity contribution in [1.82, 2.24) is 0 Å². The standard InChI is InChI=1S/C28H29N3O7S2/c1-4-38-28(37)23-16(2)24(26(36)30-18-9-6-5-7-10-18)40-27(23)31-25(35)17(3)39-20-12-8-11-19(15-20)29-21(32)13-14-22(33)34/h5-12,15,17H,4,13-14H2,1-3H3,(H,29,32)(H,30,36)(H,31,35)(H,33,34). The van der Waals surface area contributed by atoms with Crippen molar-refractivity contribution in [3.05, 3.63) is 70.6 Å². The molecular weight excluding hydrogens is 554 g/mol. The molecule has 1 atom stereocenters. The summed E-state index contributed by atoms with van der Waals surface area (Å²) in [4.78, 5) is 62.5. The van der Waals surface area contributed by atoms with Gasteiger partial charge in [-0.3, -0.25) is 19.2 Å². The molecule has 0 aliphatic heterocycles. The molecule has 3 amide bonds. The van der Waals surface area contributed by atoms with Crippen LogP contribution in [0.25, 0.3) is 0 Å². The second kappa shape index (κ2) is 14.3. The molecule has 0 saturated carbocycles. The highest BCUT2D eigenvalue weighted by atomic mass is 32.2. The molecule has 210 valence electrons. The van der Waals surface area contributed by atoms with Crippen molar-refractivity contribution >= 4 is 69.1 Å². The zero-order valence-electron chi connectivity index (χ0n) is 22.1. The Hall–Kier alpha value is -4.16. The Morgan fingerprint density at radius 2 is 1.65 bits per heavy atom. The first kappa shape index (κ1) is 30.4.